The molecule has 0 atom stereocenters. The topological polar surface area (TPSA) is 40.2 Å². The maximum atomic E-state index is 4.76. The molecule has 0 amide bonds. The lowest BCUT2D eigenvalue weighted by atomic mass is 10.2. The van der Waals surface area contributed by atoms with Crippen LogP contribution in [0.2, 0.25) is 0 Å². The highest BCUT2D eigenvalue weighted by molar-refractivity contribution is 5.78. The van der Waals surface area contributed by atoms with Crippen molar-refractivity contribution in [2.75, 3.05) is 39.3 Å². The fourth-order valence-electron chi connectivity index (χ4n) is 2.60. The second-order valence-corrected chi connectivity index (χ2v) is 5.27. The van der Waals surface area contributed by atoms with Crippen molar-refractivity contribution in [3.05, 3.63) is 42.1 Å². The van der Waals surface area contributed by atoms with Crippen molar-refractivity contribution >= 4 is 10.9 Å². The predicted octanol–water partition coefficient (Wildman–Crippen LogP) is 1.23. The molecule has 0 radical (unpaired) electrons. The SMILES string of the molecule is c1ccc2nc(CN3CCNCCNCC3)ccc2c1. The minimum Gasteiger partial charge on any atom is -0.314 e. The van der Waals surface area contributed by atoms with Gasteiger partial charge in [0.15, 0.2) is 0 Å². The van der Waals surface area contributed by atoms with Crippen molar-refractivity contribution in [1.29, 1.82) is 0 Å². The fraction of sp³-hybridized carbons (Fsp3) is 0.438. The number of rotatable bonds is 2. The van der Waals surface area contributed by atoms with E-state index in [0.717, 1.165) is 57.0 Å². The molecule has 0 aliphatic carbocycles. The molecular formula is C16H22N4. The standard InChI is InChI=1S/C16H22N4/c1-2-4-16-14(3-1)5-6-15(19-16)13-20-11-9-17-7-8-18-10-12-20/h1-6,17-18H,7-13H2. The van der Waals surface area contributed by atoms with Crippen LogP contribution in [0.5, 0.6) is 0 Å². The molecule has 1 saturated heterocycles. The van der Waals surface area contributed by atoms with Gasteiger partial charge >= 0.3 is 0 Å². The van der Waals surface area contributed by atoms with Gasteiger partial charge in [0.25, 0.3) is 0 Å². The monoisotopic (exact) mass is 270 g/mol. The number of pyridine rings is 1. The minimum absolute atomic E-state index is 0.925. The maximum Gasteiger partial charge on any atom is 0.0705 e. The van der Waals surface area contributed by atoms with Gasteiger partial charge in [-0.05, 0) is 12.1 Å². The molecule has 4 nitrogen and oxygen atoms in total. The predicted molar refractivity (Wildman–Crippen MR) is 82.8 cm³/mol. The molecule has 2 aromatic rings. The molecule has 2 heterocycles. The van der Waals surface area contributed by atoms with Crippen LogP contribution in [-0.4, -0.2) is 49.2 Å². The maximum absolute atomic E-state index is 4.76. The van der Waals surface area contributed by atoms with Crippen LogP contribution >= 0.6 is 0 Å². The van der Waals surface area contributed by atoms with Crippen molar-refractivity contribution in [3.63, 3.8) is 0 Å². The molecule has 20 heavy (non-hydrogen) atoms. The van der Waals surface area contributed by atoms with Gasteiger partial charge in [-0.3, -0.25) is 9.88 Å². The molecular weight excluding hydrogens is 248 g/mol. The molecule has 0 spiro atoms. The van der Waals surface area contributed by atoms with Crippen LogP contribution < -0.4 is 10.6 Å². The van der Waals surface area contributed by atoms with E-state index < -0.39 is 0 Å². The Labute approximate surface area is 120 Å². The molecule has 1 aliphatic rings. The number of benzene rings is 1. The Hall–Kier alpha value is -1.49. The number of hydrogen-bond acceptors (Lipinski definition) is 4. The average Bonchev–Trinajstić information content (AvgIpc) is 2.61. The Kier molecular flexibility index (Phi) is 4.58. The fourth-order valence-corrected chi connectivity index (χ4v) is 2.60. The first-order valence-electron chi connectivity index (χ1n) is 7.40. The quantitative estimate of drug-likeness (QED) is 0.861. The lowest BCUT2D eigenvalue weighted by Gasteiger charge is -2.21. The Morgan fingerprint density at radius 2 is 1.65 bits per heavy atom. The molecule has 1 aromatic carbocycles. The third-order valence-electron chi connectivity index (χ3n) is 3.73. The summed E-state index contributed by atoms with van der Waals surface area (Å²) in [5.41, 5.74) is 2.24. The first-order chi connectivity index (χ1) is 9.92. The summed E-state index contributed by atoms with van der Waals surface area (Å²) in [5, 5.41) is 8.11. The minimum atomic E-state index is 0.925. The third kappa shape index (κ3) is 3.54. The molecule has 1 aromatic heterocycles. The number of aromatic nitrogens is 1. The zero-order chi connectivity index (χ0) is 13.6. The summed E-state index contributed by atoms with van der Waals surface area (Å²) < 4.78 is 0. The van der Waals surface area contributed by atoms with Crippen molar-refractivity contribution < 1.29 is 0 Å². The van der Waals surface area contributed by atoms with Gasteiger partial charge in [0.1, 0.15) is 0 Å². The van der Waals surface area contributed by atoms with Gasteiger partial charge < -0.3 is 10.6 Å². The normalized spacial score (nSPS) is 18.4. The zero-order valence-electron chi connectivity index (χ0n) is 11.8. The van der Waals surface area contributed by atoms with Gasteiger partial charge in [-0.2, -0.15) is 0 Å². The van der Waals surface area contributed by atoms with E-state index in [1.165, 1.54) is 5.39 Å². The van der Waals surface area contributed by atoms with Gasteiger partial charge in [0.2, 0.25) is 0 Å². The lowest BCUT2D eigenvalue weighted by molar-refractivity contribution is 0.270. The Bertz CT molecular complexity index is 545. The Morgan fingerprint density at radius 1 is 0.900 bits per heavy atom. The molecule has 2 N–H and O–H groups in total. The largest absolute Gasteiger partial charge is 0.314 e. The molecule has 0 saturated carbocycles. The summed E-state index contributed by atoms with van der Waals surface area (Å²) in [6, 6.07) is 12.6. The Balaban J connectivity index is 1.70. The number of fused-ring (bicyclic) bond motifs is 1. The van der Waals surface area contributed by atoms with Crippen LogP contribution in [0.1, 0.15) is 5.69 Å². The Morgan fingerprint density at radius 3 is 2.45 bits per heavy atom. The average molecular weight is 270 g/mol. The molecule has 0 bridgehead atoms. The summed E-state index contributed by atoms with van der Waals surface area (Å²) in [4.78, 5) is 7.23. The van der Waals surface area contributed by atoms with Crippen molar-refractivity contribution in [3.8, 4) is 0 Å². The van der Waals surface area contributed by atoms with E-state index in [4.69, 9.17) is 4.98 Å². The summed E-state index contributed by atoms with van der Waals surface area (Å²) in [5.74, 6) is 0. The van der Waals surface area contributed by atoms with Gasteiger partial charge in [-0.25, -0.2) is 0 Å². The summed E-state index contributed by atoms with van der Waals surface area (Å²) in [7, 11) is 0. The van der Waals surface area contributed by atoms with E-state index in [0.29, 0.717) is 0 Å². The van der Waals surface area contributed by atoms with E-state index in [2.05, 4.69) is 45.9 Å². The van der Waals surface area contributed by atoms with Gasteiger partial charge in [0, 0.05) is 51.2 Å². The highest BCUT2D eigenvalue weighted by Gasteiger charge is 2.08. The van der Waals surface area contributed by atoms with Crippen molar-refractivity contribution in [2.45, 2.75) is 6.54 Å². The van der Waals surface area contributed by atoms with Crippen molar-refractivity contribution in [1.82, 2.24) is 20.5 Å². The van der Waals surface area contributed by atoms with E-state index >= 15 is 0 Å². The molecule has 0 unspecified atom stereocenters. The zero-order valence-corrected chi connectivity index (χ0v) is 11.8. The van der Waals surface area contributed by atoms with Crippen LogP contribution in [0.15, 0.2) is 36.4 Å². The molecule has 1 aliphatic heterocycles. The van der Waals surface area contributed by atoms with Crippen LogP contribution in [0.25, 0.3) is 10.9 Å². The molecule has 106 valence electrons. The van der Waals surface area contributed by atoms with E-state index in [1.54, 1.807) is 0 Å². The van der Waals surface area contributed by atoms with Crippen LogP contribution in [-0.2, 0) is 6.54 Å². The highest BCUT2D eigenvalue weighted by atomic mass is 15.2. The van der Waals surface area contributed by atoms with E-state index in [9.17, 15) is 0 Å². The molecule has 4 heteroatoms. The summed E-state index contributed by atoms with van der Waals surface area (Å²) >= 11 is 0. The van der Waals surface area contributed by atoms with Crippen LogP contribution in [0, 0.1) is 0 Å². The smallest absolute Gasteiger partial charge is 0.0705 e. The van der Waals surface area contributed by atoms with Crippen molar-refractivity contribution in [2.24, 2.45) is 0 Å². The van der Waals surface area contributed by atoms with Gasteiger partial charge in [-0.15, -0.1) is 0 Å². The lowest BCUT2D eigenvalue weighted by Crippen LogP contribution is -2.33. The number of nitrogens with one attached hydrogen (secondary N) is 2. The number of nitrogens with zero attached hydrogens (tertiary/aromatic N) is 2. The second kappa shape index (κ2) is 6.79. The van der Waals surface area contributed by atoms with Crippen LogP contribution in [0.3, 0.4) is 0 Å². The first-order valence-corrected chi connectivity index (χ1v) is 7.40. The van der Waals surface area contributed by atoms with Gasteiger partial charge in [0.05, 0.1) is 11.2 Å². The third-order valence-corrected chi connectivity index (χ3v) is 3.73. The number of para-hydroxylation sites is 1. The summed E-state index contributed by atoms with van der Waals surface area (Å²) in [6.45, 7) is 7.30. The first kappa shape index (κ1) is 13.5. The van der Waals surface area contributed by atoms with E-state index in [-0.39, 0.29) is 0 Å². The second-order valence-electron chi connectivity index (χ2n) is 5.27. The van der Waals surface area contributed by atoms with Crippen LogP contribution in [0.4, 0.5) is 0 Å². The molecule has 3 rings (SSSR count). The highest BCUT2D eigenvalue weighted by Crippen LogP contribution is 2.12. The summed E-state index contributed by atoms with van der Waals surface area (Å²) in [6.07, 6.45) is 0. The molecule has 1 fully saturated rings. The van der Waals surface area contributed by atoms with E-state index in [1.807, 2.05) is 6.07 Å². The van der Waals surface area contributed by atoms with Gasteiger partial charge in [-0.1, -0.05) is 24.3 Å². The number of hydrogen-bond donors (Lipinski definition) is 2.